The van der Waals surface area contributed by atoms with Crippen LogP contribution in [-0.2, 0) is 40.9 Å². The molecule has 0 saturated heterocycles. The number of nitrogen functional groups attached to an aromatic ring is 2. The Hall–Kier alpha value is -2.90. The summed E-state index contributed by atoms with van der Waals surface area (Å²) < 4.78 is 32.0. The summed E-state index contributed by atoms with van der Waals surface area (Å²) in [5.41, 5.74) is 13.7. The van der Waals surface area contributed by atoms with Gasteiger partial charge in [-0.25, -0.2) is 29.1 Å². The molecule has 0 aliphatic heterocycles. The summed E-state index contributed by atoms with van der Waals surface area (Å²) in [6.07, 6.45) is 3.93. The summed E-state index contributed by atoms with van der Waals surface area (Å²) in [6.45, 7) is 5.64. The smallest absolute Gasteiger partial charge is 0.383 e. The maximum Gasteiger partial charge on any atom is 0.469 e. The van der Waals surface area contributed by atoms with E-state index in [0.29, 0.717) is 56.8 Å². The average Bonchev–Trinajstić information content (AvgIpc) is 2.95. The Morgan fingerprint density at radius 3 is 1.41 bits per heavy atom. The first-order valence-corrected chi connectivity index (χ1v) is 18.4. The van der Waals surface area contributed by atoms with Crippen molar-refractivity contribution in [3.05, 3.63) is 56.4 Å². The van der Waals surface area contributed by atoms with E-state index in [1.807, 2.05) is 0 Å². The van der Waals surface area contributed by atoms with Crippen LogP contribution >= 0.6 is 37.2 Å². The van der Waals surface area contributed by atoms with Crippen LogP contribution in [0, 0.1) is 13.8 Å². The molecule has 0 aliphatic carbocycles. The van der Waals surface area contributed by atoms with E-state index in [4.69, 9.17) is 11.5 Å². The van der Waals surface area contributed by atoms with Gasteiger partial charge in [-0.15, -0.1) is 0 Å². The van der Waals surface area contributed by atoms with E-state index in [2.05, 4.69) is 29.0 Å². The molecule has 2 aromatic heterocycles. The van der Waals surface area contributed by atoms with E-state index < -0.39 is 28.9 Å². The Bertz CT molecular complexity index is 1440. The predicted octanol–water partition coefficient (Wildman–Crippen LogP) is 2.51. The highest BCUT2D eigenvalue weighted by Crippen LogP contribution is 2.45. The standard InChI is InChI=1S/C24H36N8O10P2S2/c1-15(31(13-33)11-19-9-27-17(3)29-23(19)25)21(5-7-41-43(35,36)37)45-46-22(6-8-42-44(38,39)40)16(2)32(14-34)12-20-10-28-18(4)30-24(20)26/h9-10,13-14H,5-8,11-12H2,1-4H3,(H2,25,27,29)(H2,26,28,30)(H2,35,36,37)(H2,38,39,40)/b21-15-,22-16-. The number of nitrogens with two attached hydrogens (primary N) is 2. The molecule has 0 fully saturated rings. The van der Waals surface area contributed by atoms with Gasteiger partial charge >= 0.3 is 15.6 Å². The molecule has 254 valence electrons. The van der Waals surface area contributed by atoms with Crippen LogP contribution in [0.5, 0.6) is 0 Å². The van der Waals surface area contributed by atoms with Gasteiger partial charge in [-0.2, -0.15) is 0 Å². The lowest BCUT2D eigenvalue weighted by atomic mass is 10.2. The number of aryl methyl sites for hydroxylation is 2. The van der Waals surface area contributed by atoms with E-state index in [1.54, 1.807) is 27.7 Å². The van der Waals surface area contributed by atoms with E-state index in [9.17, 15) is 38.3 Å². The van der Waals surface area contributed by atoms with Crippen LogP contribution in [0.25, 0.3) is 0 Å². The lowest BCUT2D eigenvalue weighted by Crippen LogP contribution is -2.22. The second-order valence-corrected chi connectivity index (χ2v) is 14.3. The SMILES string of the molecule is C/C(=C(\CCOP(=O)(O)O)SS/C(CCOP(=O)(O)O)=C(/C)N(C=O)Cc1cnc(C)nc1N)N(C=O)Cc1cnc(C)nc1N. The van der Waals surface area contributed by atoms with Crippen LogP contribution in [-0.4, -0.2) is 75.3 Å². The quantitative estimate of drug-likeness (QED) is 0.0690. The number of amides is 2. The number of hydrogen-bond acceptors (Lipinski definition) is 14. The Morgan fingerprint density at radius 1 is 0.783 bits per heavy atom. The lowest BCUT2D eigenvalue weighted by Gasteiger charge is -2.24. The molecule has 22 heteroatoms. The van der Waals surface area contributed by atoms with Gasteiger partial charge in [0.05, 0.1) is 26.3 Å². The second-order valence-electron chi connectivity index (χ2n) is 9.45. The van der Waals surface area contributed by atoms with Crippen LogP contribution in [0.2, 0.25) is 0 Å². The molecule has 2 aromatic rings. The third kappa shape index (κ3) is 13.4. The van der Waals surface area contributed by atoms with Gasteiger partial charge in [0.1, 0.15) is 23.3 Å². The van der Waals surface area contributed by atoms with E-state index >= 15 is 0 Å². The molecule has 2 amide bonds. The number of phosphoric ester groups is 2. The van der Waals surface area contributed by atoms with Crippen molar-refractivity contribution in [1.82, 2.24) is 29.7 Å². The molecule has 0 bridgehead atoms. The summed E-state index contributed by atoms with van der Waals surface area (Å²) >= 11 is 0. The largest absolute Gasteiger partial charge is 0.469 e. The molecule has 0 unspecified atom stereocenters. The number of nitrogens with zero attached hydrogens (tertiary/aromatic N) is 6. The number of anilines is 2. The molecule has 46 heavy (non-hydrogen) atoms. The summed E-state index contributed by atoms with van der Waals surface area (Å²) in [6, 6.07) is 0. The zero-order valence-electron chi connectivity index (χ0n) is 25.3. The molecule has 0 atom stereocenters. The summed E-state index contributed by atoms with van der Waals surface area (Å²) in [5.74, 6) is 1.21. The maximum atomic E-state index is 12.2. The normalized spacial score (nSPS) is 13.1. The molecule has 0 saturated carbocycles. The molecule has 0 radical (unpaired) electrons. The zero-order valence-corrected chi connectivity index (χ0v) is 28.8. The van der Waals surface area contributed by atoms with Gasteiger partial charge in [0.15, 0.2) is 0 Å². The fourth-order valence-electron chi connectivity index (χ4n) is 3.61. The van der Waals surface area contributed by atoms with Crippen molar-refractivity contribution in [3.63, 3.8) is 0 Å². The van der Waals surface area contributed by atoms with E-state index in [0.717, 1.165) is 21.6 Å². The number of hydrogen-bond donors (Lipinski definition) is 6. The lowest BCUT2D eigenvalue weighted by molar-refractivity contribution is -0.117. The van der Waals surface area contributed by atoms with Gasteiger partial charge < -0.3 is 40.8 Å². The summed E-state index contributed by atoms with van der Waals surface area (Å²) in [4.78, 5) is 81.0. The molecular formula is C24H36N8O10P2S2. The minimum atomic E-state index is -4.81. The number of carbonyl (C=O) groups excluding carboxylic acids is 2. The predicted molar refractivity (Wildman–Crippen MR) is 171 cm³/mol. The number of phosphoric acid groups is 2. The van der Waals surface area contributed by atoms with Gasteiger partial charge in [-0.1, -0.05) is 21.6 Å². The van der Waals surface area contributed by atoms with Crippen molar-refractivity contribution in [3.8, 4) is 0 Å². The van der Waals surface area contributed by atoms with Crippen molar-refractivity contribution < 1.29 is 47.3 Å². The monoisotopic (exact) mass is 722 g/mol. The van der Waals surface area contributed by atoms with Crippen LogP contribution in [0.4, 0.5) is 11.6 Å². The Kier molecular flexibility index (Phi) is 15.3. The van der Waals surface area contributed by atoms with Crippen molar-refractivity contribution in [2.24, 2.45) is 0 Å². The van der Waals surface area contributed by atoms with Gasteiger partial charge in [0, 0.05) is 57.6 Å². The number of aromatic nitrogens is 4. The first-order chi connectivity index (χ1) is 21.4. The molecule has 2 heterocycles. The molecule has 8 N–H and O–H groups in total. The molecule has 2 rings (SSSR count). The molecule has 0 spiro atoms. The Labute approximate surface area is 272 Å². The average molecular weight is 723 g/mol. The Balaban J connectivity index is 2.47. The van der Waals surface area contributed by atoms with Crippen LogP contribution in [0.1, 0.15) is 49.5 Å². The highest BCUT2D eigenvalue weighted by molar-refractivity contribution is 8.79. The van der Waals surface area contributed by atoms with Crippen molar-refractivity contribution in [2.75, 3.05) is 24.7 Å². The highest BCUT2D eigenvalue weighted by atomic mass is 33.1. The minimum Gasteiger partial charge on any atom is -0.383 e. The van der Waals surface area contributed by atoms with E-state index in [-0.39, 0.29) is 37.6 Å². The van der Waals surface area contributed by atoms with E-state index in [1.165, 1.54) is 22.2 Å². The first-order valence-electron chi connectivity index (χ1n) is 13.2. The van der Waals surface area contributed by atoms with Gasteiger partial charge in [0.25, 0.3) is 0 Å². The summed E-state index contributed by atoms with van der Waals surface area (Å²) in [7, 11) is -7.47. The minimum absolute atomic E-state index is 0.0215. The number of allylic oxidation sites excluding steroid dienone is 2. The zero-order chi connectivity index (χ0) is 34.7. The number of carbonyl (C=O) groups is 2. The highest BCUT2D eigenvalue weighted by Gasteiger charge is 2.21. The molecule has 0 aliphatic rings. The van der Waals surface area contributed by atoms with Crippen LogP contribution in [0.3, 0.4) is 0 Å². The topological polar surface area (TPSA) is 278 Å². The van der Waals surface area contributed by atoms with Gasteiger partial charge in [-0.3, -0.25) is 18.6 Å². The summed E-state index contributed by atoms with van der Waals surface area (Å²) in [5, 5.41) is 0. The van der Waals surface area contributed by atoms with Crippen LogP contribution in [0.15, 0.2) is 33.6 Å². The van der Waals surface area contributed by atoms with Crippen molar-refractivity contribution >= 4 is 61.7 Å². The van der Waals surface area contributed by atoms with Gasteiger partial charge in [0.2, 0.25) is 12.8 Å². The van der Waals surface area contributed by atoms with Crippen molar-refractivity contribution in [2.45, 2.75) is 53.6 Å². The third-order valence-corrected chi connectivity index (χ3v) is 10.0. The molecule has 0 aromatic carbocycles. The van der Waals surface area contributed by atoms with Crippen LogP contribution < -0.4 is 11.5 Å². The fourth-order valence-corrected chi connectivity index (χ4v) is 7.10. The second kappa shape index (κ2) is 17.9. The third-order valence-electron chi connectivity index (χ3n) is 6.06. The molecular weight excluding hydrogens is 686 g/mol. The Morgan fingerprint density at radius 2 is 1.13 bits per heavy atom. The van der Waals surface area contributed by atoms with Crippen molar-refractivity contribution in [1.29, 1.82) is 0 Å². The molecule has 18 nitrogen and oxygen atoms in total. The number of rotatable bonds is 19. The maximum absolute atomic E-state index is 12.2. The first kappa shape index (κ1) is 39.3. The fraction of sp³-hybridized carbons (Fsp3) is 0.417. The van der Waals surface area contributed by atoms with Gasteiger partial charge in [-0.05, 0) is 27.7 Å².